The van der Waals surface area contributed by atoms with Crippen molar-refractivity contribution in [1.82, 2.24) is 4.90 Å². The molecule has 3 nitrogen and oxygen atoms in total. The first-order valence-electron chi connectivity index (χ1n) is 6.68. The van der Waals surface area contributed by atoms with Crippen LogP contribution in [0.5, 0.6) is 0 Å². The summed E-state index contributed by atoms with van der Waals surface area (Å²) in [5.74, 6) is 0.864. The Morgan fingerprint density at radius 2 is 2.11 bits per heavy atom. The molecule has 1 aliphatic heterocycles. The third-order valence-corrected chi connectivity index (χ3v) is 4.25. The molecule has 2 aliphatic rings. The SMILES string of the molecule is CO[C@@H](C(=O)N1CC2CCC1C2)c1ccccc1. The second kappa shape index (κ2) is 4.73. The van der Waals surface area contributed by atoms with Crippen LogP contribution < -0.4 is 0 Å². The number of amides is 1. The molecular weight excluding hydrogens is 226 g/mol. The molecule has 2 unspecified atom stereocenters. The normalized spacial score (nSPS) is 27.5. The minimum atomic E-state index is -0.439. The number of carbonyl (C=O) groups excluding carboxylic acids is 1. The fourth-order valence-electron chi connectivity index (χ4n) is 3.35. The van der Waals surface area contributed by atoms with Crippen LogP contribution in [-0.4, -0.2) is 30.5 Å². The number of carbonyl (C=O) groups is 1. The molecule has 0 radical (unpaired) electrons. The van der Waals surface area contributed by atoms with Gasteiger partial charge in [0.15, 0.2) is 6.10 Å². The van der Waals surface area contributed by atoms with E-state index in [9.17, 15) is 4.79 Å². The number of piperidine rings is 1. The van der Waals surface area contributed by atoms with Crippen LogP contribution in [0, 0.1) is 5.92 Å². The molecule has 1 aliphatic carbocycles. The van der Waals surface area contributed by atoms with Crippen LogP contribution >= 0.6 is 0 Å². The van der Waals surface area contributed by atoms with E-state index in [1.807, 2.05) is 35.2 Å². The lowest BCUT2D eigenvalue weighted by molar-refractivity contribution is -0.144. The van der Waals surface area contributed by atoms with E-state index >= 15 is 0 Å². The molecule has 1 amide bonds. The van der Waals surface area contributed by atoms with Gasteiger partial charge in [0.25, 0.3) is 5.91 Å². The van der Waals surface area contributed by atoms with E-state index in [1.54, 1.807) is 7.11 Å². The van der Waals surface area contributed by atoms with Crippen LogP contribution in [0.3, 0.4) is 0 Å². The predicted octanol–water partition coefficient (Wildman–Crippen LogP) is 2.39. The number of hydrogen-bond donors (Lipinski definition) is 0. The Morgan fingerprint density at radius 3 is 2.67 bits per heavy atom. The second-order valence-electron chi connectivity index (χ2n) is 5.35. The molecule has 18 heavy (non-hydrogen) atoms. The zero-order valence-electron chi connectivity index (χ0n) is 10.7. The van der Waals surface area contributed by atoms with Crippen LogP contribution in [0.25, 0.3) is 0 Å². The van der Waals surface area contributed by atoms with Crippen molar-refractivity contribution in [1.29, 1.82) is 0 Å². The zero-order valence-corrected chi connectivity index (χ0v) is 10.7. The van der Waals surface area contributed by atoms with Crippen molar-refractivity contribution < 1.29 is 9.53 Å². The molecule has 1 saturated carbocycles. The summed E-state index contributed by atoms with van der Waals surface area (Å²) in [6.45, 7) is 0.927. The number of fused-ring (bicyclic) bond motifs is 2. The molecule has 3 atom stereocenters. The molecule has 1 saturated heterocycles. The van der Waals surface area contributed by atoms with Crippen molar-refractivity contribution in [2.45, 2.75) is 31.4 Å². The van der Waals surface area contributed by atoms with Gasteiger partial charge in [-0.25, -0.2) is 0 Å². The van der Waals surface area contributed by atoms with E-state index in [0.717, 1.165) is 18.0 Å². The monoisotopic (exact) mass is 245 g/mol. The van der Waals surface area contributed by atoms with Crippen molar-refractivity contribution in [3.8, 4) is 0 Å². The summed E-state index contributed by atoms with van der Waals surface area (Å²) >= 11 is 0. The first-order valence-corrected chi connectivity index (χ1v) is 6.68. The van der Waals surface area contributed by atoms with Gasteiger partial charge in [0, 0.05) is 19.7 Å². The van der Waals surface area contributed by atoms with Crippen LogP contribution in [0.15, 0.2) is 30.3 Å². The lowest BCUT2D eigenvalue weighted by Gasteiger charge is -2.30. The summed E-state index contributed by atoms with van der Waals surface area (Å²) in [4.78, 5) is 14.6. The number of ether oxygens (including phenoxy) is 1. The highest BCUT2D eigenvalue weighted by Crippen LogP contribution is 2.39. The predicted molar refractivity (Wildman–Crippen MR) is 69.0 cm³/mol. The summed E-state index contributed by atoms with van der Waals surface area (Å²) in [6.07, 6.45) is 3.21. The average molecular weight is 245 g/mol. The summed E-state index contributed by atoms with van der Waals surface area (Å²) in [7, 11) is 1.61. The Kier molecular flexibility index (Phi) is 3.08. The molecule has 0 spiro atoms. The van der Waals surface area contributed by atoms with Gasteiger partial charge in [-0.3, -0.25) is 4.79 Å². The first-order chi connectivity index (χ1) is 8.79. The molecule has 2 fully saturated rings. The van der Waals surface area contributed by atoms with E-state index in [-0.39, 0.29) is 5.91 Å². The van der Waals surface area contributed by atoms with Crippen molar-refractivity contribution in [3.63, 3.8) is 0 Å². The van der Waals surface area contributed by atoms with Crippen LogP contribution in [0.4, 0.5) is 0 Å². The maximum Gasteiger partial charge on any atom is 0.256 e. The lowest BCUT2D eigenvalue weighted by Crippen LogP contribution is -2.41. The van der Waals surface area contributed by atoms with Gasteiger partial charge in [0.05, 0.1) is 0 Å². The fourth-order valence-corrected chi connectivity index (χ4v) is 3.35. The minimum absolute atomic E-state index is 0.135. The van der Waals surface area contributed by atoms with Crippen molar-refractivity contribution in [2.24, 2.45) is 5.92 Å². The van der Waals surface area contributed by atoms with Crippen molar-refractivity contribution >= 4 is 5.91 Å². The van der Waals surface area contributed by atoms with E-state index in [2.05, 4.69) is 0 Å². The second-order valence-corrected chi connectivity index (χ2v) is 5.35. The van der Waals surface area contributed by atoms with Gasteiger partial charge in [-0.15, -0.1) is 0 Å². The fraction of sp³-hybridized carbons (Fsp3) is 0.533. The Morgan fingerprint density at radius 1 is 1.33 bits per heavy atom. The third kappa shape index (κ3) is 1.93. The van der Waals surface area contributed by atoms with Gasteiger partial charge in [0.2, 0.25) is 0 Å². The maximum atomic E-state index is 12.6. The summed E-state index contributed by atoms with van der Waals surface area (Å²) < 4.78 is 5.43. The number of rotatable bonds is 3. The van der Waals surface area contributed by atoms with Crippen LogP contribution in [-0.2, 0) is 9.53 Å². The third-order valence-electron chi connectivity index (χ3n) is 4.25. The Hall–Kier alpha value is -1.35. The molecule has 3 heteroatoms. The summed E-state index contributed by atoms with van der Waals surface area (Å²) in [5.41, 5.74) is 0.952. The number of nitrogens with zero attached hydrogens (tertiary/aromatic N) is 1. The molecule has 0 aromatic heterocycles. The molecule has 1 heterocycles. The lowest BCUT2D eigenvalue weighted by atomic mass is 10.1. The van der Waals surface area contributed by atoms with E-state index < -0.39 is 6.10 Å². The largest absolute Gasteiger partial charge is 0.367 e. The highest BCUT2D eigenvalue weighted by Gasteiger charge is 2.42. The van der Waals surface area contributed by atoms with Gasteiger partial charge in [0.1, 0.15) is 0 Å². The maximum absolute atomic E-state index is 12.6. The van der Waals surface area contributed by atoms with E-state index in [0.29, 0.717) is 6.04 Å². The Labute approximate surface area is 108 Å². The standard InChI is InChI=1S/C15H19NO2/c1-18-14(12-5-3-2-4-6-12)15(17)16-10-11-7-8-13(16)9-11/h2-6,11,13-14H,7-10H2,1H3/t11?,13?,14-/m1/s1. The highest BCUT2D eigenvalue weighted by atomic mass is 16.5. The molecule has 1 aromatic rings. The number of benzene rings is 1. The van der Waals surface area contributed by atoms with Gasteiger partial charge < -0.3 is 9.64 Å². The number of likely N-dealkylation sites (tertiary alicyclic amines) is 1. The topological polar surface area (TPSA) is 29.5 Å². The Bertz CT molecular complexity index is 431. The molecular formula is C15H19NO2. The number of hydrogen-bond acceptors (Lipinski definition) is 2. The minimum Gasteiger partial charge on any atom is -0.367 e. The first kappa shape index (κ1) is 11.7. The molecule has 2 bridgehead atoms. The van der Waals surface area contributed by atoms with E-state index in [4.69, 9.17) is 4.74 Å². The van der Waals surface area contributed by atoms with Gasteiger partial charge in [-0.05, 0) is 30.7 Å². The summed E-state index contributed by atoms with van der Waals surface area (Å²) in [5, 5.41) is 0. The smallest absolute Gasteiger partial charge is 0.256 e. The van der Waals surface area contributed by atoms with Gasteiger partial charge >= 0.3 is 0 Å². The average Bonchev–Trinajstić information content (AvgIpc) is 3.03. The molecule has 3 rings (SSSR count). The summed E-state index contributed by atoms with van der Waals surface area (Å²) in [6, 6.07) is 10.2. The molecule has 0 N–H and O–H groups in total. The quantitative estimate of drug-likeness (QED) is 0.818. The van der Waals surface area contributed by atoms with Gasteiger partial charge in [-0.1, -0.05) is 30.3 Å². The molecule has 96 valence electrons. The van der Waals surface area contributed by atoms with Crippen molar-refractivity contribution in [3.05, 3.63) is 35.9 Å². The Balaban J connectivity index is 1.78. The highest BCUT2D eigenvalue weighted by molar-refractivity contribution is 5.83. The van der Waals surface area contributed by atoms with Gasteiger partial charge in [-0.2, -0.15) is 0 Å². The van der Waals surface area contributed by atoms with Crippen molar-refractivity contribution in [2.75, 3.05) is 13.7 Å². The van der Waals surface area contributed by atoms with E-state index in [1.165, 1.54) is 19.3 Å². The number of methoxy groups -OCH3 is 1. The van der Waals surface area contributed by atoms with Crippen LogP contribution in [0.1, 0.15) is 30.9 Å². The van der Waals surface area contributed by atoms with Crippen LogP contribution in [0.2, 0.25) is 0 Å². The zero-order chi connectivity index (χ0) is 12.5. The molecule has 1 aromatic carbocycles.